The van der Waals surface area contributed by atoms with Gasteiger partial charge in [-0.25, -0.2) is 4.68 Å². The maximum atomic E-state index is 12.2. The molecule has 3 aromatic rings. The highest BCUT2D eigenvalue weighted by molar-refractivity contribution is 6.04. The van der Waals surface area contributed by atoms with Crippen LogP contribution in [0.25, 0.3) is 11.4 Å². The van der Waals surface area contributed by atoms with Crippen LogP contribution in [-0.4, -0.2) is 35.9 Å². The summed E-state index contributed by atoms with van der Waals surface area (Å²) in [5, 5.41) is 18.8. The molecule has 1 aliphatic carbocycles. The van der Waals surface area contributed by atoms with E-state index in [9.17, 15) is 4.79 Å². The van der Waals surface area contributed by atoms with Gasteiger partial charge in [0, 0.05) is 24.5 Å². The number of amides is 1. The average Bonchev–Trinajstić information content (AvgIpc) is 3.10. The number of nitrogens with zero attached hydrogens (tertiary/aromatic N) is 6. The van der Waals surface area contributed by atoms with Crippen molar-refractivity contribution in [3.63, 3.8) is 0 Å². The predicted molar refractivity (Wildman–Crippen MR) is 82.7 cm³/mol. The van der Waals surface area contributed by atoms with Crippen LogP contribution in [0.15, 0.2) is 36.7 Å². The fourth-order valence-corrected chi connectivity index (χ4v) is 2.43. The monoisotopic (exact) mass is 309 g/mol. The molecule has 0 bridgehead atoms. The van der Waals surface area contributed by atoms with E-state index in [1.165, 1.54) is 6.20 Å². The molecule has 1 fully saturated rings. The molecule has 1 saturated carbocycles. The summed E-state index contributed by atoms with van der Waals surface area (Å²) in [6.07, 6.45) is 5.42. The Bertz CT molecular complexity index is 862. The Morgan fingerprint density at radius 3 is 2.96 bits per heavy atom. The normalized spacial score (nSPS) is 14.0. The first-order chi connectivity index (χ1) is 11.2. The number of aryl methyl sites for hydroxylation is 1. The van der Waals surface area contributed by atoms with Gasteiger partial charge in [0.15, 0.2) is 5.82 Å². The molecule has 1 aliphatic rings. The fraction of sp³-hybridized carbons (Fsp3) is 0.267. The summed E-state index contributed by atoms with van der Waals surface area (Å²) in [6.45, 7) is 0. The molecule has 1 N–H and O–H groups in total. The highest BCUT2D eigenvalue weighted by atomic mass is 16.1. The first kappa shape index (κ1) is 13.6. The van der Waals surface area contributed by atoms with Crippen LogP contribution in [0, 0.1) is 0 Å². The van der Waals surface area contributed by atoms with E-state index in [1.54, 1.807) is 17.9 Å². The van der Waals surface area contributed by atoms with E-state index in [0.717, 1.165) is 24.2 Å². The highest BCUT2D eigenvalue weighted by Gasteiger charge is 2.28. The maximum absolute atomic E-state index is 12.2. The van der Waals surface area contributed by atoms with Crippen LogP contribution in [0.3, 0.4) is 0 Å². The van der Waals surface area contributed by atoms with E-state index in [2.05, 4.69) is 25.9 Å². The minimum atomic E-state index is -0.197. The van der Waals surface area contributed by atoms with Crippen molar-refractivity contribution < 1.29 is 4.79 Å². The molecule has 0 aliphatic heterocycles. The smallest absolute Gasteiger partial charge is 0.258 e. The molecule has 116 valence electrons. The predicted octanol–water partition coefficient (Wildman–Crippen LogP) is 1.66. The van der Waals surface area contributed by atoms with E-state index in [4.69, 9.17) is 0 Å². The summed E-state index contributed by atoms with van der Waals surface area (Å²) in [6, 6.07) is 7.92. The van der Waals surface area contributed by atoms with Gasteiger partial charge >= 0.3 is 0 Å². The molecule has 0 saturated heterocycles. The number of tetrazole rings is 1. The van der Waals surface area contributed by atoms with E-state index < -0.39 is 0 Å². The van der Waals surface area contributed by atoms with Crippen molar-refractivity contribution in [2.75, 3.05) is 5.32 Å². The van der Waals surface area contributed by atoms with Gasteiger partial charge in [0.2, 0.25) is 0 Å². The molecule has 0 radical (unpaired) electrons. The zero-order valence-electron chi connectivity index (χ0n) is 12.5. The molecule has 0 unspecified atom stereocenters. The Morgan fingerprint density at radius 1 is 1.35 bits per heavy atom. The number of nitrogens with one attached hydrogen (secondary N) is 1. The summed E-state index contributed by atoms with van der Waals surface area (Å²) < 4.78 is 3.44. The molecule has 0 atom stereocenters. The number of aromatic nitrogens is 6. The van der Waals surface area contributed by atoms with Crippen LogP contribution in [0.2, 0.25) is 0 Å². The minimum absolute atomic E-state index is 0.197. The molecule has 1 amide bonds. The van der Waals surface area contributed by atoms with Crippen molar-refractivity contribution in [3.05, 3.63) is 42.2 Å². The topological polar surface area (TPSA) is 90.5 Å². The van der Waals surface area contributed by atoms with Crippen molar-refractivity contribution in [3.8, 4) is 11.4 Å². The molecule has 1 aromatic carbocycles. The second-order valence-corrected chi connectivity index (χ2v) is 5.62. The summed E-state index contributed by atoms with van der Waals surface area (Å²) >= 11 is 0. The molecule has 8 heteroatoms. The number of carbonyl (C=O) groups is 1. The molecular formula is C15H15N7O. The molecule has 23 heavy (non-hydrogen) atoms. The summed E-state index contributed by atoms with van der Waals surface area (Å²) in [7, 11) is 1.77. The van der Waals surface area contributed by atoms with Crippen molar-refractivity contribution >= 4 is 11.6 Å². The summed E-state index contributed by atoms with van der Waals surface area (Å²) in [4.78, 5) is 12.2. The summed E-state index contributed by atoms with van der Waals surface area (Å²) in [5.74, 6) is 0.530. The summed E-state index contributed by atoms with van der Waals surface area (Å²) in [5.41, 5.74) is 2.09. The highest BCUT2D eigenvalue weighted by Crippen LogP contribution is 2.36. The first-order valence-corrected chi connectivity index (χ1v) is 7.39. The zero-order valence-corrected chi connectivity index (χ0v) is 12.5. The van der Waals surface area contributed by atoms with Gasteiger partial charge in [0.05, 0.1) is 17.8 Å². The van der Waals surface area contributed by atoms with Gasteiger partial charge in [-0.1, -0.05) is 12.1 Å². The van der Waals surface area contributed by atoms with E-state index in [0.29, 0.717) is 17.3 Å². The number of hydrogen-bond acceptors (Lipinski definition) is 5. The third-order valence-corrected chi connectivity index (χ3v) is 3.73. The second-order valence-electron chi connectivity index (χ2n) is 5.62. The zero-order chi connectivity index (χ0) is 15.8. The Balaban J connectivity index is 1.59. The van der Waals surface area contributed by atoms with Gasteiger partial charge in [-0.2, -0.15) is 5.10 Å². The van der Waals surface area contributed by atoms with Crippen molar-refractivity contribution in [2.24, 2.45) is 7.05 Å². The van der Waals surface area contributed by atoms with Crippen molar-refractivity contribution in [1.82, 2.24) is 30.0 Å². The number of anilines is 1. The lowest BCUT2D eigenvalue weighted by Gasteiger charge is -2.07. The van der Waals surface area contributed by atoms with Gasteiger partial charge in [-0.15, -0.1) is 5.10 Å². The van der Waals surface area contributed by atoms with Gasteiger partial charge in [0.25, 0.3) is 5.91 Å². The van der Waals surface area contributed by atoms with Crippen LogP contribution in [0.4, 0.5) is 5.69 Å². The van der Waals surface area contributed by atoms with Crippen molar-refractivity contribution in [2.45, 2.75) is 18.9 Å². The lowest BCUT2D eigenvalue weighted by atomic mass is 10.2. The van der Waals surface area contributed by atoms with Crippen LogP contribution >= 0.6 is 0 Å². The van der Waals surface area contributed by atoms with Gasteiger partial charge in [-0.05, 0) is 35.4 Å². The number of carbonyl (C=O) groups excluding carboxylic acids is 1. The largest absolute Gasteiger partial charge is 0.322 e. The average molecular weight is 309 g/mol. The van der Waals surface area contributed by atoms with E-state index in [-0.39, 0.29) is 5.91 Å². The van der Waals surface area contributed by atoms with Gasteiger partial charge < -0.3 is 5.32 Å². The Labute approximate surface area is 132 Å². The lowest BCUT2D eigenvalue weighted by molar-refractivity contribution is 0.102. The van der Waals surface area contributed by atoms with Crippen LogP contribution in [0.5, 0.6) is 0 Å². The van der Waals surface area contributed by atoms with Crippen LogP contribution < -0.4 is 5.32 Å². The molecule has 2 heterocycles. The number of hydrogen-bond donors (Lipinski definition) is 1. The van der Waals surface area contributed by atoms with Gasteiger partial charge in [-0.3, -0.25) is 9.48 Å². The Hall–Kier alpha value is -3.03. The van der Waals surface area contributed by atoms with E-state index in [1.807, 2.05) is 28.9 Å². The standard InChI is InChI=1S/C15H15N7O/c1-21-9-11(8-16-21)15(23)17-12-4-2-3-10(7-12)14-18-19-20-22(14)13-5-6-13/h2-4,7-9,13H,5-6H2,1H3,(H,17,23). The van der Waals surface area contributed by atoms with Gasteiger partial charge in [0.1, 0.15) is 0 Å². The molecule has 4 rings (SSSR count). The Morgan fingerprint density at radius 2 is 2.22 bits per heavy atom. The third-order valence-electron chi connectivity index (χ3n) is 3.73. The third kappa shape index (κ3) is 2.70. The lowest BCUT2D eigenvalue weighted by Crippen LogP contribution is -2.11. The molecule has 2 aromatic heterocycles. The van der Waals surface area contributed by atoms with Crippen LogP contribution in [-0.2, 0) is 7.05 Å². The SMILES string of the molecule is Cn1cc(C(=O)Nc2cccc(-c3nnnn3C3CC3)c2)cn1. The quantitative estimate of drug-likeness (QED) is 0.791. The molecule has 0 spiro atoms. The first-order valence-electron chi connectivity index (χ1n) is 7.39. The Kier molecular flexibility index (Phi) is 3.14. The van der Waals surface area contributed by atoms with Crippen LogP contribution in [0.1, 0.15) is 29.2 Å². The second kappa shape index (κ2) is 5.31. The molecule has 8 nitrogen and oxygen atoms in total. The van der Waals surface area contributed by atoms with E-state index >= 15 is 0 Å². The fourth-order valence-electron chi connectivity index (χ4n) is 2.43. The number of benzene rings is 1. The molecular weight excluding hydrogens is 294 g/mol. The number of rotatable bonds is 4. The van der Waals surface area contributed by atoms with Crippen molar-refractivity contribution in [1.29, 1.82) is 0 Å². The maximum Gasteiger partial charge on any atom is 0.258 e. The minimum Gasteiger partial charge on any atom is -0.322 e.